The van der Waals surface area contributed by atoms with E-state index in [-0.39, 0.29) is 0 Å². The number of nitrogens with zero attached hydrogens (tertiary/aromatic N) is 1. The number of ether oxygens (including phenoxy) is 1. The molecule has 128 valence electrons. The molecule has 2 rings (SSSR count). The van der Waals surface area contributed by atoms with Gasteiger partial charge in [-0.15, -0.1) is 0 Å². The van der Waals surface area contributed by atoms with Crippen molar-refractivity contribution in [2.75, 3.05) is 6.54 Å². The maximum absolute atomic E-state index is 6.09. The largest absolute Gasteiger partial charge is 0.374 e. The second kappa shape index (κ2) is 10.0. The topological polar surface area (TPSA) is 21.6 Å². The monoisotopic (exact) mass is 323 g/mol. The predicted octanol–water partition coefficient (Wildman–Crippen LogP) is 5.50. The van der Waals surface area contributed by atoms with E-state index in [1.54, 1.807) is 0 Å². The molecule has 2 heteroatoms. The van der Waals surface area contributed by atoms with E-state index in [1.165, 1.54) is 16.7 Å². The van der Waals surface area contributed by atoms with E-state index in [0.717, 1.165) is 31.4 Å². The summed E-state index contributed by atoms with van der Waals surface area (Å²) >= 11 is 0. The molecule has 0 amide bonds. The molecule has 0 bridgehead atoms. The molecule has 0 spiro atoms. The number of rotatable bonds is 9. The van der Waals surface area contributed by atoms with Gasteiger partial charge in [-0.25, -0.2) is 0 Å². The van der Waals surface area contributed by atoms with Crippen LogP contribution in [0.3, 0.4) is 0 Å². The molecule has 0 radical (unpaired) electrons. The first kappa shape index (κ1) is 18.4. The quantitative estimate of drug-likeness (QED) is 0.441. The van der Waals surface area contributed by atoms with Crippen molar-refractivity contribution in [3.8, 4) is 0 Å². The van der Waals surface area contributed by atoms with Gasteiger partial charge in [-0.2, -0.15) is 0 Å². The van der Waals surface area contributed by atoms with Crippen molar-refractivity contribution in [3.05, 3.63) is 70.8 Å². The SMILES string of the molecule is CCC(CCCN=Cc1ccccc1)OCc1ccc(C)c(C)c1. The van der Waals surface area contributed by atoms with Gasteiger partial charge in [0.1, 0.15) is 0 Å². The van der Waals surface area contributed by atoms with E-state index in [4.69, 9.17) is 4.74 Å². The number of aryl methyl sites for hydroxylation is 2. The van der Waals surface area contributed by atoms with Gasteiger partial charge in [0.25, 0.3) is 0 Å². The molecule has 0 aliphatic heterocycles. The van der Waals surface area contributed by atoms with Crippen molar-refractivity contribution >= 4 is 6.21 Å². The summed E-state index contributed by atoms with van der Waals surface area (Å²) in [6.07, 6.45) is 5.45. The fraction of sp³-hybridized carbons (Fsp3) is 0.409. The highest BCUT2D eigenvalue weighted by atomic mass is 16.5. The lowest BCUT2D eigenvalue weighted by atomic mass is 10.1. The molecular formula is C22H29NO. The molecule has 2 aromatic carbocycles. The standard InChI is InChI=1S/C22H29NO/c1-4-22(24-17-21-13-12-18(2)19(3)15-21)11-8-14-23-16-20-9-6-5-7-10-20/h5-7,9-10,12-13,15-16,22H,4,8,11,14,17H2,1-3H3. The van der Waals surface area contributed by atoms with Gasteiger partial charge < -0.3 is 4.74 Å². The Balaban J connectivity index is 1.70. The van der Waals surface area contributed by atoms with E-state index in [9.17, 15) is 0 Å². The van der Waals surface area contributed by atoms with Crippen LogP contribution in [-0.2, 0) is 11.3 Å². The Hall–Kier alpha value is -1.93. The van der Waals surface area contributed by atoms with Gasteiger partial charge in [-0.3, -0.25) is 4.99 Å². The molecule has 0 saturated heterocycles. The summed E-state index contributed by atoms with van der Waals surface area (Å²) < 4.78 is 6.09. The minimum Gasteiger partial charge on any atom is -0.374 e. The minimum absolute atomic E-state index is 0.318. The molecular weight excluding hydrogens is 294 g/mol. The van der Waals surface area contributed by atoms with E-state index in [0.29, 0.717) is 12.7 Å². The van der Waals surface area contributed by atoms with Crippen LogP contribution in [0.5, 0.6) is 0 Å². The molecule has 2 aromatic rings. The summed E-state index contributed by atoms with van der Waals surface area (Å²) in [4.78, 5) is 4.51. The fourth-order valence-electron chi connectivity index (χ4n) is 2.63. The van der Waals surface area contributed by atoms with Crippen LogP contribution in [0.15, 0.2) is 53.5 Å². The van der Waals surface area contributed by atoms with Gasteiger partial charge in [0.15, 0.2) is 0 Å². The van der Waals surface area contributed by atoms with Gasteiger partial charge in [-0.1, -0.05) is 55.5 Å². The van der Waals surface area contributed by atoms with Crippen molar-refractivity contribution in [1.82, 2.24) is 0 Å². The highest BCUT2D eigenvalue weighted by Gasteiger charge is 2.07. The highest BCUT2D eigenvalue weighted by Crippen LogP contribution is 2.14. The van der Waals surface area contributed by atoms with Crippen LogP contribution >= 0.6 is 0 Å². The summed E-state index contributed by atoms with van der Waals surface area (Å²) in [7, 11) is 0. The molecule has 0 saturated carbocycles. The first-order valence-corrected chi connectivity index (χ1v) is 8.91. The summed E-state index contributed by atoms with van der Waals surface area (Å²) in [6, 6.07) is 16.8. The van der Waals surface area contributed by atoms with Crippen molar-refractivity contribution in [3.63, 3.8) is 0 Å². The van der Waals surface area contributed by atoms with Gasteiger partial charge in [-0.05, 0) is 55.4 Å². The third-order valence-electron chi connectivity index (χ3n) is 4.37. The van der Waals surface area contributed by atoms with Crippen molar-refractivity contribution in [1.29, 1.82) is 0 Å². The molecule has 2 nitrogen and oxygen atoms in total. The maximum Gasteiger partial charge on any atom is 0.0720 e. The highest BCUT2D eigenvalue weighted by molar-refractivity contribution is 5.79. The molecule has 0 aliphatic carbocycles. The van der Waals surface area contributed by atoms with E-state index in [1.807, 2.05) is 24.4 Å². The average Bonchev–Trinajstić information content (AvgIpc) is 2.61. The number of hydrogen-bond donors (Lipinski definition) is 0. The third-order valence-corrected chi connectivity index (χ3v) is 4.37. The van der Waals surface area contributed by atoms with E-state index in [2.05, 4.69) is 56.1 Å². The molecule has 0 heterocycles. The Morgan fingerprint density at radius 2 is 1.83 bits per heavy atom. The fourth-order valence-corrected chi connectivity index (χ4v) is 2.63. The Morgan fingerprint density at radius 1 is 1.04 bits per heavy atom. The van der Waals surface area contributed by atoms with Gasteiger partial charge in [0, 0.05) is 12.8 Å². The lowest BCUT2D eigenvalue weighted by molar-refractivity contribution is 0.0318. The van der Waals surface area contributed by atoms with Gasteiger partial charge in [0.05, 0.1) is 12.7 Å². The molecule has 0 aliphatic rings. The first-order chi connectivity index (χ1) is 11.7. The van der Waals surface area contributed by atoms with Gasteiger partial charge >= 0.3 is 0 Å². The zero-order valence-electron chi connectivity index (χ0n) is 15.2. The summed E-state index contributed by atoms with van der Waals surface area (Å²) in [5.74, 6) is 0. The van der Waals surface area contributed by atoms with Crippen LogP contribution in [0.4, 0.5) is 0 Å². The third kappa shape index (κ3) is 6.29. The van der Waals surface area contributed by atoms with Crippen LogP contribution in [0.1, 0.15) is 48.4 Å². The van der Waals surface area contributed by atoms with Crippen LogP contribution in [0.2, 0.25) is 0 Å². The number of benzene rings is 2. The number of aliphatic imine (C=N–C) groups is 1. The van der Waals surface area contributed by atoms with Gasteiger partial charge in [0.2, 0.25) is 0 Å². The van der Waals surface area contributed by atoms with Crippen molar-refractivity contribution < 1.29 is 4.74 Å². The van der Waals surface area contributed by atoms with Crippen molar-refractivity contribution in [2.24, 2.45) is 4.99 Å². The van der Waals surface area contributed by atoms with Crippen LogP contribution < -0.4 is 0 Å². The lowest BCUT2D eigenvalue weighted by Crippen LogP contribution is -2.12. The van der Waals surface area contributed by atoms with Crippen LogP contribution in [-0.4, -0.2) is 18.9 Å². The zero-order valence-corrected chi connectivity index (χ0v) is 15.2. The average molecular weight is 323 g/mol. The smallest absolute Gasteiger partial charge is 0.0720 e. The molecule has 1 atom stereocenters. The Bertz CT molecular complexity index is 634. The second-order valence-corrected chi connectivity index (χ2v) is 6.35. The summed E-state index contributed by atoms with van der Waals surface area (Å²) in [5.41, 5.74) is 5.09. The second-order valence-electron chi connectivity index (χ2n) is 6.35. The molecule has 24 heavy (non-hydrogen) atoms. The first-order valence-electron chi connectivity index (χ1n) is 8.91. The van der Waals surface area contributed by atoms with Crippen LogP contribution in [0.25, 0.3) is 0 Å². The molecule has 0 fully saturated rings. The normalized spacial score (nSPS) is 12.6. The summed E-state index contributed by atoms with van der Waals surface area (Å²) in [6.45, 7) is 8.05. The maximum atomic E-state index is 6.09. The van der Waals surface area contributed by atoms with E-state index >= 15 is 0 Å². The van der Waals surface area contributed by atoms with Crippen molar-refractivity contribution in [2.45, 2.75) is 52.7 Å². The number of hydrogen-bond acceptors (Lipinski definition) is 2. The Labute approximate surface area is 146 Å². The Morgan fingerprint density at radius 3 is 2.54 bits per heavy atom. The lowest BCUT2D eigenvalue weighted by Gasteiger charge is -2.16. The summed E-state index contributed by atoms with van der Waals surface area (Å²) in [5, 5.41) is 0. The predicted molar refractivity (Wildman–Crippen MR) is 103 cm³/mol. The molecule has 0 N–H and O–H groups in total. The zero-order chi connectivity index (χ0) is 17.2. The molecule has 1 unspecified atom stereocenters. The molecule has 0 aromatic heterocycles. The minimum atomic E-state index is 0.318. The van der Waals surface area contributed by atoms with E-state index < -0.39 is 0 Å². The Kier molecular flexibility index (Phi) is 7.70. The van der Waals surface area contributed by atoms with Crippen LogP contribution in [0, 0.1) is 13.8 Å².